The van der Waals surface area contributed by atoms with Crippen LogP contribution >= 0.6 is 0 Å². The molecule has 1 fully saturated rings. The molecule has 21 heavy (non-hydrogen) atoms. The maximum absolute atomic E-state index is 12.2. The monoisotopic (exact) mass is 297 g/mol. The summed E-state index contributed by atoms with van der Waals surface area (Å²) < 4.78 is 6.74. The molecule has 0 aliphatic carbocycles. The highest BCUT2D eigenvalue weighted by Gasteiger charge is 2.31. The van der Waals surface area contributed by atoms with E-state index in [1.54, 1.807) is 17.8 Å². The number of nitrogens with one attached hydrogen (secondary N) is 1. The molecule has 1 amide bonds. The summed E-state index contributed by atoms with van der Waals surface area (Å²) in [6.07, 6.45) is 0.0408. The van der Waals surface area contributed by atoms with Gasteiger partial charge in [-0.2, -0.15) is 5.10 Å². The van der Waals surface area contributed by atoms with E-state index in [1.807, 2.05) is 0 Å². The van der Waals surface area contributed by atoms with Gasteiger partial charge in [0.05, 0.1) is 25.0 Å². The summed E-state index contributed by atoms with van der Waals surface area (Å²) in [5.41, 5.74) is 1.38. The highest BCUT2D eigenvalue weighted by atomic mass is 16.5. The predicted octanol–water partition coefficient (Wildman–Crippen LogP) is -0.529. The number of aryl methyl sites for hydroxylation is 2. The number of aromatic nitrogens is 2. The number of hydrogen-bond donors (Lipinski definition) is 3. The Labute approximate surface area is 123 Å². The maximum atomic E-state index is 12.2. The van der Waals surface area contributed by atoms with Gasteiger partial charge in [-0.05, 0) is 12.5 Å². The Morgan fingerprint density at radius 2 is 2.29 bits per heavy atom. The summed E-state index contributed by atoms with van der Waals surface area (Å²) in [6, 6.07) is 1.78. The Bertz CT molecular complexity index is 489. The van der Waals surface area contributed by atoms with Gasteiger partial charge in [-0.15, -0.1) is 0 Å². The first-order chi connectivity index (χ1) is 10.0. The van der Waals surface area contributed by atoms with Crippen molar-refractivity contribution in [1.29, 1.82) is 0 Å². The molecule has 7 heteroatoms. The van der Waals surface area contributed by atoms with Gasteiger partial charge < -0.3 is 20.3 Å². The average molecular weight is 297 g/mol. The van der Waals surface area contributed by atoms with Crippen molar-refractivity contribution in [3.8, 4) is 0 Å². The Hall–Kier alpha value is -1.44. The van der Waals surface area contributed by atoms with E-state index in [2.05, 4.69) is 17.3 Å². The van der Waals surface area contributed by atoms with E-state index in [0.29, 0.717) is 12.3 Å². The van der Waals surface area contributed by atoms with Gasteiger partial charge in [-0.1, -0.05) is 13.3 Å². The van der Waals surface area contributed by atoms with Gasteiger partial charge in [-0.3, -0.25) is 9.48 Å². The number of amides is 1. The van der Waals surface area contributed by atoms with Crippen LogP contribution in [-0.4, -0.2) is 57.9 Å². The zero-order valence-electron chi connectivity index (χ0n) is 12.5. The van der Waals surface area contributed by atoms with Crippen molar-refractivity contribution >= 4 is 5.91 Å². The Morgan fingerprint density at radius 3 is 3.00 bits per heavy atom. The molecule has 118 valence electrons. The second kappa shape index (κ2) is 7.02. The third-order valence-electron chi connectivity index (χ3n) is 3.69. The molecule has 3 N–H and O–H groups in total. The Morgan fingerprint density at radius 1 is 1.52 bits per heavy atom. The lowest BCUT2D eigenvalue weighted by atomic mass is 9.96. The molecule has 1 aliphatic rings. The van der Waals surface area contributed by atoms with Crippen molar-refractivity contribution < 1.29 is 19.7 Å². The van der Waals surface area contributed by atoms with Crippen LogP contribution in [0.3, 0.4) is 0 Å². The number of carbonyl (C=O) groups is 1. The molecule has 2 rings (SSSR count). The standard InChI is InChI=1S/C14H23N3O4/c1-3-4-10-5-11(17(2)16-10)14(20)15-6-9-7-21-8-12(18)13(9)19/h5,9,12-13,18-19H,3-4,6-8H2,1-2H3,(H,15,20)/t9-,12-,13+/m1/s1. The first-order valence-electron chi connectivity index (χ1n) is 7.28. The number of ether oxygens (including phenoxy) is 1. The fourth-order valence-electron chi connectivity index (χ4n) is 2.46. The van der Waals surface area contributed by atoms with Crippen molar-refractivity contribution in [3.05, 3.63) is 17.5 Å². The molecule has 1 aromatic rings. The number of carbonyl (C=O) groups excluding carboxylic acids is 1. The van der Waals surface area contributed by atoms with Gasteiger partial charge in [0.1, 0.15) is 11.8 Å². The molecule has 0 radical (unpaired) electrons. The summed E-state index contributed by atoms with van der Waals surface area (Å²) >= 11 is 0. The molecule has 1 aromatic heterocycles. The third kappa shape index (κ3) is 3.81. The molecular formula is C14H23N3O4. The second-order valence-corrected chi connectivity index (χ2v) is 5.46. The minimum Gasteiger partial charge on any atom is -0.390 e. The minimum absolute atomic E-state index is 0.133. The van der Waals surface area contributed by atoms with Crippen LogP contribution in [0.2, 0.25) is 0 Å². The first kappa shape index (κ1) is 15.9. The fourth-order valence-corrected chi connectivity index (χ4v) is 2.46. The zero-order valence-corrected chi connectivity index (χ0v) is 12.5. The molecular weight excluding hydrogens is 274 g/mol. The molecule has 2 heterocycles. The number of aliphatic hydroxyl groups is 2. The predicted molar refractivity (Wildman–Crippen MR) is 75.9 cm³/mol. The highest BCUT2D eigenvalue weighted by molar-refractivity contribution is 5.92. The van der Waals surface area contributed by atoms with Crippen LogP contribution in [0.15, 0.2) is 6.07 Å². The van der Waals surface area contributed by atoms with Gasteiger partial charge >= 0.3 is 0 Å². The number of rotatable bonds is 5. The summed E-state index contributed by atoms with van der Waals surface area (Å²) in [7, 11) is 1.73. The van der Waals surface area contributed by atoms with E-state index in [9.17, 15) is 15.0 Å². The summed E-state index contributed by atoms with van der Waals surface area (Å²) in [4.78, 5) is 12.2. The zero-order chi connectivity index (χ0) is 15.4. The minimum atomic E-state index is -0.895. The van der Waals surface area contributed by atoms with Gasteiger partial charge in [0.2, 0.25) is 0 Å². The van der Waals surface area contributed by atoms with Crippen LogP contribution in [0, 0.1) is 5.92 Å². The normalized spacial score (nSPS) is 25.8. The molecule has 3 atom stereocenters. The van der Waals surface area contributed by atoms with Gasteiger partial charge in [0.15, 0.2) is 0 Å². The maximum Gasteiger partial charge on any atom is 0.269 e. The average Bonchev–Trinajstić information content (AvgIpc) is 2.81. The van der Waals surface area contributed by atoms with Crippen molar-refractivity contribution in [2.75, 3.05) is 19.8 Å². The van der Waals surface area contributed by atoms with Crippen molar-refractivity contribution in [2.24, 2.45) is 13.0 Å². The van der Waals surface area contributed by atoms with Crippen LogP contribution in [0.5, 0.6) is 0 Å². The largest absolute Gasteiger partial charge is 0.390 e. The smallest absolute Gasteiger partial charge is 0.269 e. The van der Waals surface area contributed by atoms with Crippen molar-refractivity contribution in [2.45, 2.75) is 32.0 Å². The first-order valence-corrected chi connectivity index (χ1v) is 7.28. The van der Waals surface area contributed by atoms with E-state index >= 15 is 0 Å². The molecule has 0 bridgehead atoms. The molecule has 7 nitrogen and oxygen atoms in total. The van der Waals surface area contributed by atoms with Crippen molar-refractivity contribution in [3.63, 3.8) is 0 Å². The number of hydrogen-bond acceptors (Lipinski definition) is 5. The lowest BCUT2D eigenvalue weighted by Gasteiger charge is -2.31. The summed E-state index contributed by atoms with van der Waals surface area (Å²) in [6.45, 7) is 2.77. The lowest BCUT2D eigenvalue weighted by molar-refractivity contribution is -0.118. The Kier molecular flexibility index (Phi) is 5.33. The van der Waals surface area contributed by atoms with Crippen molar-refractivity contribution in [1.82, 2.24) is 15.1 Å². The van der Waals surface area contributed by atoms with E-state index in [0.717, 1.165) is 18.5 Å². The molecule has 1 saturated heterocycles. The van der Waals surface area contributed by atoms with Gasteiger partial charge in [0.25, 0.3) is 5.91 Å². The van der Waals surface area contributed by atoms with E-state index in [-0.39, 0.29) is 25.0 Å². The lowest BCUT2D eigenvalue weighted by Crippen LogP contribution is -2.48. The molecule has 0 aromatic carbocycles. The van der Waals surface area contributed by atoms with Crippen LogP contribution in [0.1, 0.15) is 29.5 Å². The molecule has 0 spiro atoms. The quantitative estimate of drug-likeness (QED) is 0.679. The topological polar surface area (TPSA) is 96.6 Å². The highest BCUT2D eigenvalue weighted by Crippen LogP contribution is 2.15. The van der Waals surface area contributed by atoms with Crippen LogP contribution in [-0.2, 0) is 18.2 Å². The number of nitrogens with zero attached hydrogens (tertiary/aromatic N) is 2. The van der Waals surface area contributed by atoms with E-state index in [1.165, 1.54) is 0 Å². The van der Waals surface area contributed by atoms with E-state index < -0.39 is 12.2 Å². The molecule has 0 saturated carbocycles. The van der Waals surface area contributed by atoms with E-state index in [4.69, 9.17) is 4.74 Å². The Balaban J connectivity index is 1.92. The van der Waals surface area contributed by atoms with Crippen LogP contribution in [0.25, 0.3) is 0 Å². The summed E-state index contributed by atoms with van der Waals surface area (Å²) in [5.74, 6) is -0.541. The fraction of sp³-hybridized carbons (Fsp3) is 0.714. The van der Waals surface area contributed by atoms with Gasteiger partial charge in [0, 0.05) is 19.5 Å². The SMILES string of the molecule is CCCc1cc(C(=O)NC[C@@H]2COC[C@@H](O)[C@H]2O)n(C)n1. The number of aliphatic hydroxyl groups excluding tert-OH is 2. The van der Waals surface area contributed by atoms with Gasteiger partial charge in [-0.25, -0.2) is 0 Å². The van der Waals surface area contributed by atoms with Crippen LogP contribution < -0.4 is 5.32 Å². The third-order valence-corrected chi connectivity index (χ3v) is 3.69. The molecule has 1 aliphatic heterocycles. The summed E-state index contributed by atoms with van der Waals surface area (Å²) in [5, 5.41) is 26.4. The molecule has 0 unspecified atom stereocenters. The van der Waals surface area contributed by atoms with Crippen LogP contribution in [0.4, 0.5) is 0 Å². The second-order valence-electron chi connectivity index (χ2n) is 5.46.